The van der Waals surface area contributed by atoms with Crippen molar-refractivity contribution in [2.75, 3.05) is 0 Å². The molecule has 4 nitrogen and oxygen atoms in total. The van der Waals surface area contributed by atoms with Gasteiger partial charge in [-0.2, -0.15) is 0 Å². The van der Waals surface area contributed by atoms with Crippen LogP contribution in [0.25, 0.3) is 16.8 Å². The Balaban J connectivity index is 1.71. The van der Waals surface area contributed by atoms with Crippen molar-refractivity contribution in [1.82, 2.24) is 4.57 Å². The fourth-order valence-corrected chi connectivity index (χ4v) is 3.15. The van der Waals surface area contributed by atoms with Crippen LogP contribution in [-0.4, -0.2) is 10.9 Å². The highest BCUT2D eigenvalue weighted by atomic mass is 16.5. The van der Waals surface area contributed by atoms with Crippen molar-refractivity contribution in [3.8, 4) is 22.6 Å². The molecule has 1 aromatic heterocycles. The van der Waals surface area contributed by atoms with Crippen LogP contribution < -0.4 is 10.2 Å². The number of hydrogen-bond acceptors (Lipinski definition) is 3. The van der Waals surface area contributed by atoms with Crippen molar-refractivity contribution in [3.63, 3.8) is 0 Å². The molecule has 0 spiro atoms. The minimum Gasteiger partial charge on any atom is -0.483 e. The second-order valence-corrected chi connectivity index (χ2v) is 6.61. The highest BCUT2D eigenvalue weighted by molar-refractivity contribution is 5.74. The summed E-state index contributed by atoms with van der Waals surface area (Å²) in [6.45, 7) is 0.278. The number of carbonyl (C=O) groups is 1. The van der Waals surface area contributed by atoms with Gasteiger partial charge in [0.2, 0.25) is 5.43 Å². The van der Waals surface area contributed by atoms with Crippen molar-refractivity contribution in [1.29, 1.82) is 0 Å². The minimum atomic E-state index is -0.321. The molecule has 0 aliphatic carbocycles. The molecule has 0 saturated carbocycles. The average Bonchev–Trinajstić information content (AvgIpc) is 2.79. The third-order valence-electron chi connectivity index (χ3n) is 4.64. The van der Waals surface area contributed by atoms with Crippen LogP contribution in [0, 0.1) is 0 Å². The predicted molar refractivity (Wildman–Crippen MR) is 114 cm³/mol. The van der Waals surface area contributed by atoms with Gasteiger partial charge in [-0.25, -0.2) is 0 Å². The van der Waals surface area contributed by atoms with E-state index in [9.17, 15) is 9.59 Å². The van der Waals surface area contributed by atoms with Crippen molar-refractivity contribution >= 4 is 6.29 Å². The van der Waals surface area contributed by atoms with E-state index in [0.717, 1.165) is 22.4 Å². The zero-order valence-corrected chi connectivity index (χ0v) is 15.7. The lowest BCUT2D eigenvalue weighted by atomic mass is 10.1. The minimum absolute atomic E-state index is 0.199. The van der Waals surface area contributed by atoms with E-state index < -0.39 is 0 Å². The van der Waals surface area contributed by atoms with Gasteiger partial charge in [0.15, 0.2) is 12.0 Å². The summed E-state index contributed by atoms with van der Waals surface area (Å²) >= 11 is 0. The van der Waals surface area contributed by atoms with Crippen LogP contribution in [0.2, 0.25) is 0 Å². The van der Waals surface area contributed by atoms with E-state index in [1.54, 1.807) is 10.8 Å². The van der Waals surface area contributed by atoms with Gasteiger partial charge >= 0.3 is 0 Å². The molecular formula is C25H19NO3. The SMILES string of the molecule is O=Cc1cc(=O)c(OCc2ccccc2)cn1-c1cccc(-c2ccccc2)c1. The van der Waals surface area contributed by atoms with Crippen molar-refractivity contribution in [2.24, 2.45) is 0 Å². The number of aromatic nitrogens is 1. The van der Waals surface area contributed by atoms with Gasteiger partial charge < -0.3 is 9.30 Å². The molecule has 0 unspecified atom stereocenters. The molecule has 0 aliphatic rings. The summed E-state index contributed by atoms with van der Waals surface area (Å²) in [4.78, 5) is 24.0. The third kappa shape index (κ3) is 4.17. The first kappa shape index (κ1) is 18.4. The number of hydrogen-bond donors (Lipinski definition) is 0. The maximum absolute atomic E-state index is 12.4. The Morgan fingerprint density at radius 3 is 2.21 bits per heavy atom. The van der Waals surface area contributed by atoms with Gasteiger partial charge in [-0.3, -0.25) is 9.59 Å². The van der Waals surface area contributed by atoms with E-state index in [2.05, 4.69) is 0 Å². The molecular weight excluding hydrogens is 362 g/mol. The molecule has 29 heavy (non-hydrogen) atoms. The van der Waals surface area contributed by atoms with Gasteiger partial charge in [0, 0.05) is 11.8 Å². The van der Waals surface area contributed by atoms with Crippen LogP contribution in [0.4, 0.5) is 0 Å². The molecule has 0 atom stereocenters. The lowest BCUT2D eigenvalue weighted by Gasteiger charge is -2.14. The normalized spacial score (nSPS) is 10.5. The number of rotatable bonds is 6. The van der Waals surface area contributed by atoms with E-state index in [1.807, 2.05) is 84.9 Å². The summed E-state index contributed by atoms with van der Waals surface area (Å²) in [7, 11) is 0. The summed E-state index contributed by atoms with van der Waals surface area (Å²) in [5.74, 6) is 0.199. The number of pyridine rings is 1. The molecule has 1 heterocycles. The highest BCUT2D eigenvalue weighted by Crippen LogP contribution is 2.23. The van der Waals surface area contributed by atoms with Crippen molar-refractivity contribution in [3.05, 3.63) is 119 Å². The van der Waals surface area contributed by atoms with E-state index in [-0.39, 0.29) is 23.5 Å². The summed E-state index contributed by atoms with van der Waals surface area (Å²) < 4.78 is 7.43. The Hall–Kier alpha value is -3.92. The monoisotopic (exact) mass is 381 g/mol. The van der Waals surface area contributed by atoms with Gasteiger partial charge in [-0.1, -0.05) is 72.8 Å². The third-order valence-corrected chi connectivity index (χ3v) is 4.64. The van der Waals surface area contributed by atoms with E-state index in [0.29, 0.717) is 6.29 Å². The van der Waals surface area contributed by atoms with Gasteiger partial charge in [-0.15, -0.1) is 0 Å². The van der Waals surface area contributed by atoms with Gasteiger partial charge in [0.25, 0.3) is 0 Å². The molecule has 0 amide bonds. The average molecular weight is 381 g/mol. The van der Waals surface area contributed by atoms with Crippen molar-refractivity contribution < 1.29 is 9.53 Å². The van der Waals surface area contributed by atoms with Crippen LogP contribution in [0.15, 0.2) is 102 Å². The summed E-state index contributed by atoms with van der Waals surface area (Å²) in [6.07, 6.45) is 2.26. The van der Waals surface area contributed by atoms with Crippen LogP contribution >= 0.6 is 0 Å². The second kappa shape index (κ2) is 8.40. The molecule has 4 rings (SSSR count). The molecule has 0 bridgehead atoms. The fraction of sp³-hybridized carbons (Fsp3) is 0.0400. The Bertz CT molecular complexity index is 1180. The number of aldehydes is 1. The molecule has 0 fully saturated rings. The number of carbonyl (C=O) groups excluding carboxylic acids is 1. The standard InChI is InChI=1S/C25H19NO3/c27-17-23-15-24(28)25(29-18-19-8-3-1-4-9-19)16-26(23)22-13-7-12-21(14-22)20-10-5-2-6-11-20/h1-17H,18H2. The molecule has 0 saturated heterocycles. The lowest BCUT2D eigenvalue weighted by molar-refractivity contribution is 0.111. The second-order valence-electron chi connectivity index (χ2n) is 6.61. The van der Waals surface area contributed by atoms with E-state index in [1.165, 1.54) is 6.07 Å². The van der Waals surface area contributed by atoms with Gasteiger partial charge in [0.05, 0.1) is 11.9 Å². The quantitative estimate of drug-likeness (QED) is 0.447. The van der Waals surface area contributed by atoms with E-state index in [4.69, 9.17) is 4.74 Å². The zero-order chi connectivity index (χ0) is 20.1. The Morgan fingerprint density at radius 2 is 1.48 bits per heavy atom. The van der Waals surface area contributed by atoms with Gasteiger partial charge in [-0.05, 0) is 28.8 Å². The van der Waals surface area contributed by atoms with Crippen LogP contribution in [0.5, 0.6) is 5.75 Å². The first-order valence-corrected chi connectivity index (χ1v) is 9.29. The molecule has 0 aliphatic heterocycles. The molecule has 142 valence electrons. The molecule has 3 aromatic carbocycles. The van der Waals surface area contributed by atoms with E-state index >= 15 is 0 Å². The molecule has 4 heteroatoms. The first-order chi connectivity index (χ1) is 14.2. The molecule has 0 N–H and O–H groups in total. The van der Waals surface area contributed by atoms with Crippen LogP contribution in [-0.2, 0) is 6.61 Å². The Kier molecular flexibility index (Phi) is 5.34. The Labute approximate surface area is 168 Å². The maximum Gasteiger partial charge on any atom is 0.224 e. The highest BCUT2D eigenvalue weighted by Gasteiger charge is 2.10. The number of nitrogens with zero attached hydrogens (tertiary/aromatic N) is 1. The number of ether oxygens (including phenoxy) is 1. The van der Waals surface area contributed by atoms with Crippen LogP contribution in [0.1, 0.15) is 16.1 Å². The zero-order valence-electron chi connectivity index (χ0n) is 15.7. The van der Waals surface area contributed by atoms with Crippen molar-refractivity contribution in [2.45, 2.75) is 6.61 Å². The molecule has 4 aromatic rings. The fourth-order valence-electron chi connectivity index (χ4n) is 3.15. The van der Waals surface area contributed by atoms with Gasteiger partial charge in [0.1, 0.15) is 6.61 Å². The first-order valence-electron chi connectivity index (χ1n) is 9.29. The predicted octanol–water partition coefficient (Wildman–Crippen LogP) is 4.90. The summed E-state index contributed by atoms with van der Waals surface area (Å²) in [6, 6.07) is 28.7. The van der Waals surface area contributed by atoms with Crippen LogP contribution in [0.3, 0.4) is 0 Å². The smallest absolute Gasteiger partial charge is 0.224 e. The Morgan fingerprint density at radius 1 is 0.793 bits per heavy atom. The molecule has 0 radical (unpaired) electrons. The summed E-state index contributed by atoms with van der Waals surface area (Å²) in [5.41, 5.74) is 3.78. The number of benzene rings is 3. The maximum atomic E-state index is 12.4. The largest absolute Gasteiger partial charge is 0.483 e. The lowest BCUT2D eigenvalue weighted by Crippen LogP contribution is -2.14. The summed E-state index contributed by atoms with van der Waals surface area (Å²) in [5, 5.41) is 0. The topological polar surface area (TPSA) is 48.3 Å².